The van der Waals surface area contributed by atoms with Crippen LogP contribution in [0.15, 0.2) is 134 Å². The lowest BCUT2D eigenvalue weighted by Crippen LogP contribution is -2.66. The van der Waals surface area contributed by atoms with Gasteiger partial charge in [-0.2, -0.15) is 0 Å². The summed E-state index contributed by atoms with van der Waals surface area (Å²) in [6, 6.07) is -1.00. The highest BCUT2D eigenvalue weighted by Crippen LogP contribution is 2.33. The molecule has 17 atom stereocenters. The fourth-order valence-electron chi connectivity index (χ4n) is 14.3. The summed E-state index contributed by atoms with van der Waals surface area (Å²) in [5, 5.41) is 121. The number of allylic oxidation sites excluding steroid dienone is 21. The number of carbonyl (C=O) groups is 1. The number of hydrogen-bond acceptors (Lipinski definition) is 18. The molecular weight excluding hydrogens is 1430 g/mol. The smallest absolute Gasteiger partial charge is 0.220 e. The molecule has 3 aliphatic rings. The van der Waals surface area contributed by atoms with Crippen LogP contribution in [0.4, 0.5) is 0 Å². The zero-order valence-corrected chi connectivity index (χ0v) is 70.1. The third kappa shape index (κ3) is 50.5. The first-order valence-corrected chi connectivity index (χ1v) is 44.9. The molecule has 0 bridgehead atoms. The summed E-state index contributed by atoms with van der Waals surface area (Å²) in [4.78, 5) is 13.5. The third-order valence-corrected chi connectivity index (χ3v) is 21.5. The summed E-state index contributed by atoms with van der Waals surface area (Å²) in [7, 11) is 0. The maximum Gasteiger partial charge on any atom is 0.220 e. The largest absolute Gasteiger partial charge is 0.394 e. The lowest BCUT2D eigenvalue weighted by atomic mass is 9.96. The standard InChI is InChI=1S/C94H161NO18/c1-3-5-7-9-11-13-15-17-19-21-23-25-27-29-31-33-35-37-38-40-42-44-46-48-50-52-54-56-58-60-62-64-66-68-70-72-82(100)95-77(78(99)71-69-67-65-63-61-59-57-55-53-51-49-47-45-43-41-39-36-34-32-30-28-26-24-22-20-18-16-14-12-10-8-6-4-2)76-108-92-88(106)85(103)90(80(74-97)110-92)113-94-89(107)86(104)91(81(75-98)111-94)112-93-87(105)84(102)83(101)79(73-96)109-93/h5,7,11,13,17,19,23,25,29,31,35,37,40,42,46,48,52,54,58,60,69,71,77-81,83-94,96-99,101-107H,3-4,6,8-10,12,14-16,18,20-22,24,26-28,30,32-34,36,38-39,41,43-45,47,49-51,53,55-57,59,61-68,70,72-76H2,1-2H3,(H,95,100)/b7-5-,13-11-,19-17-,25-23-,31-29-,37-35-,42-40-,48-46-,54-52-,60-58-,71-69+. The van der Waals surface area contributed by atoms with Gasteiger partial charge in [0.05, 0.1) is 38.6 Å². The molecule has 650 valence electrons. The minimum absolute atomic E-state index is 0.205. The van der Waals surface area contributed by atoms with Gasteiger partial charge in [-0.1, -0.05) is 353 Å². The molecule has 3 aliphatic heterocycles. The van der Waals surface area contributed by atoms with Gasteiger partial charge in [0.25, 0.3) is 0 Å². The van der Waals surface area contributed by atoms with Gasteiger partial charge < -0.3 is 89.9 Å². The topological polar surface area (TPSA) is 307 Å². The molecule has 19 heteroatoms. The predicted molar refractivity (Wildman–Crippen MR) is 456 cm³/mol. The van der Waals surface area contributed by atoms with Gasteiger partial charge in [-0.25, -0.2) is 0 Å². The molecule has 3 saturated heterocycles. The first kappa shape index (κ1) is 103. The van der Waals surface area contributed by atoms with Crippen LogP contribution in [0.5, 0.6) is 0 Å². The second-order valence-electron chi connectivity index (χ2n) is 31.3. The molecule has 0 spiro atoms. The molecule has 3 fully saturated rings. The van der Waals surface area contributed by atoms with Crippen molar-refractivity contribution in [3.8, 4) is 0 Å². The van der Waals surface area contributed by atoms with E-state index in [0.717, 1.165) is 116 Å². The van der Waals surface area contributed by atoms with Gasteiger partial charge in [0.15, 0.2) is 18.9 Å². The van der Waals surface area contributed by atoms with Crippen LogP contribution >= 0.6 is 0 Å². The number of aliphatic hydroxyl groups excluding tert-OH is 11. The summed E-state index contributed by atoms with van der Waals surface area (Å²) >= 11 is 0. The molecule has 12 N–H and O–H groups in total. The first-order chi connectivity index (χ1) is 55.3. The van der Waals surface area contributed by atoms with Gasteiger partial charge in [-0.15, -0.1) is 0 Å². The minimum atomic E-state index is -1.99. The van der Waals surface area contributed by atoms with Gasteiger partial charge >= 0.3 is 0 Å². The number of amides is 1. The molecule has 0 aromatic rings. The third-order valence-electron chi connectivity index (χ3n) is 21.5. The minimum Gasteiger partial charge on any atom is -0.394 e. The lowest BCUT2D eigenvalue weighted by molar-refractivity contribution is -0.379. The summed E-state index contributed by atoms with van der Waals surface area (Å²) in [5.74, 6) is -0.302. The second-order valence-corrected chi connectivity index (χ2v) is 31.3. The van der Waals surface area contributed by atoms with Crippen LogP contribution in [0.1, 0.15) is 322 Å². The van der Waals surface area contributed by atoms with Crippen LogP contribution in [-0.4, -0.2) is 193 Å². The quantitative estimate of drug-likeness (QED) is 0.0199. The van der Waals surface area contributed by atoms with Crippen molar-refractivity contribution in [3.05, 3.63) is 134 Å². The lowest BCUT2D eigenvalue weighted by Gasteiger charge is -2.48. The van der Waals surface area contributed by atoms with Gasteiger partial charge in [0.2, 0.25) is 5.91 Å². The first-order valence-electron chi connectivity index (χ1n) is 44.9. The Morgan fingerprint density at radius 1 is 0.327 bits per heavy atom. The van der Waals surface area contributed by atoms with E-state index in [-0.39, 0.29) is 18.9 Å². The van der Waals surface area contributed by atoms with Crippen molar-refractivity contribution in [1.82, 2.24) is 5.32 Å². The van der Waals surface area contributed by atoms with E-state index >= 15 is 0 Å². The number of carbonyl (C=O) groups excluding carboxylic acids is 1. The predicted octanol–water partition coefficient (Wildman–Crippen LogP) is 17.2. The summed E-state index contributed by atoms with van der Waals surface area (Å²) in [6.07, 6.45) is 77.3. The Hall–Kier alpha value is -4.07. The van der Waals surface area contributed by atoms with Crippen molar-refractivity contribution in [2.24, 2.45) is 0 Å². The number of rotatable bonds is 71. The maximum atomic E-state index is 13.5. The normalized spacial score (nSPS) is 25.5. The number of aliphatic hydroxyl groups is 11. The van der Waals surface area contributed by atoms with Crippen LogP contribution in [0, 0.1) is 0 Å². The van der Waals surface area contributed by atoms with E-state index in [1.165, 1.54) is 180 Å². The molecule has 3 heterocycles. The fraction of sp³-hybridized carbons (Fsp3) is 0.755. The molecule has 113 heavy (non-hydrogen) atoms. The van der Waals surface area contributed by atoms with E-state index < -0.39 is 124 Å². The van der Waals surface area contributed by atoms with Crippen molar-refractivity contribution >= 4 is 5.91 Å². The Bertz CT molecular complexity index is 2560. The van der Waals surface area contributed by atoms with Crippen LogP contribution < -0.4 is 5.32 Å². The molecule has 1 amide bonds. The Morgan fingerprint density at radius 2 is 0.611 bits per heavy atom. The highest BCUT2D eigenvalue weighted by Gasteiger charge is 2.54. The van der Waals surface area contributed by atoms with Gasteiger partial charge in [0, 0.05) is 6.42 Å². The van der Waals surface area contributed by atoms with E-state index in [1.807, 2.05) is 6.08 Å². The highest BCUT2D eigenvalue weighted by molar-refractivity contribution is 5.76. The van der Waals surface area contributed by atoms with E-state index in [0.29, 0.717) is 6.42 Å². The zero-order chi connectivity index (χ0) is 81.7. The van der Waals surface area contributed by atoms with Gasteiger partial charge in [0.1, 0.15) is 73.2 Å². The number of hydrogen-bond donors (Lipinski definition) is 12. The maximum absolute atomic E-state index is 13.5. The Morgan fingerprint density at radius 3 is 0.956 bits per heavy atom. The Labute approximate surface area is 683 Å². The Kier molecular flexibility index (Phi) is 65.7. The van der Waals surface area contributed by atoms with Crippen molar-refractivity contribution in [2.75, 3.05) is 26.4 Å². The summed E-state index contributed by atoms with van der Waals surface area (Å²) in [5.41, 5.74) is 0. The molecule has 0 radical (unpaired) electrons. The average Bonchev–Trinajstić information content (AvgIpc) is 0.780. The van der Waals surface area contributed by atoms with Crippen LogP contribution in [0.2, 0.25) is 0 Å². The van der Waals surface area contributed by atoms with Crippen LogP contribution in [0.3, 0.4) is 0 Å². The fourth-order valence-corrected chi connectivity index (χ4v) is 14.3. The molecule has 19 nitrogen and oxygen atoms in total. The van der Waals surface area contributed by atoms with Crippen LogP contribution in [-0.2, 0) is 33.2 Å². The van der Waals surface area contributed by atoms with Gasteiger partial charge in [-0.05, 0) is 96.3 Å². The second kappa shape index (κ2) is 72.0. The van der Waals surface area contributed by atoms with Gasteiger partial charge in [-0.3, -0.25) is 4.79 Å². The van der Waals surface area contributed by atoms with Crippen molar-refractivity contribution in [3.63, 3.8) is 0 Å². The molecular formula is C94H161NO18. The summed E-state index contributed by atoms with van der Waals surface area (Å²) < 4.78 is 34.5. The molecule has 0 aromatic heterocycles. The molecule has 0 aromatic carbocycles. The molecule has 0 aliphatic carbocycles. The van der Waals surface area contributed by atoms with Crippen molar-refractivity contribution < 1.29 is 89.4 Å². The van der Waals surface area contributed by atoms with E-state index in [9.17, 15) is 61.0 Å². The monoisotopic (exact) mass is 1590 g/mol. The molecule has 0 saturated carbocycles. The number of unbranched alkanes of at least 4 members (excludes halogenated alkanes) is 35. The zero-order valence-electron chi connectivity index (χ0n) is 70.1. The van der Waals surface area contributed by atoms with Crippen molar-refractivity contribution in [2.45, 2.75) is 426 Å². The molecule has 3 rings (SSSR count). The number of ether oxygens (including phenoxy) is 6. The number of nitrogens with one attached hydrogen (secondary N) is 1. The SMILES string of the molecule is CC/C=C\C/C=C\C/C=C\C/C=C\C/C=C\C/C=C\C/C=C\C/C=C\C/C=C\C/C=C\CCCCCCC(=O)NC(COC1OC(CO)C(OC2OC(CO)C(OC3OC(CO)C(O)C(O)C3O)C(O)C2O)C(O)C1O)C(O)/C=C/CCCCCCCCCCCCCCCCCCCCCCCCCCCCCCCCC. The average molecular weight is 1590 g/mol. The van der Waals surface area contributed by atoms with Crippen LogP contribution in [0.25, 0.3) is 0 Å². The highest BCUT2D eigenvalue weighted by atomic mass is 16.8. The summed E-state index contributed by atoms with van der Waals surface area (Å²) in [6.45, 7) is 1.63. The van der Waals surface area contributed by atoms with Crippen molar-refractivity contribution in [1.29, 1.82) is 0 Å². The van der Waals surface area contributed by atoms with E-state index in [2.05, 4.69) is 141 Å². The van der Waals surface area contributed by atoms with E-state index in [1.54, 1.807) is 6.08 Å². The molecule has 17 unspecified atom stereocenters. The van der Waals surface area contributed by atoms with E-state index in [4.69, 9.17) is 28.4 Å². The Balaban J connectivity index is 1.36.